The minimum Gasteiger partial charge on any atom is -0.394 e. The number of benzene rings is 2. The number of hydrogen-bond donors (Lipinski definition) is 5. The molecule has 0 saturated heterocycles. The van der Waals surface area contributed by atoms with Crippen LogP contribution in [0.1, 0.15) is 56.3 Å². The third-order valence-corrected chi connectivity index (χ3v) is 10.2. The maximum atomic E-state index is 14.0. The van der Waals surface area contributed by atoms with Crippen molar-refractivity contribution in [2.45, 2.75) is 57.6 Å². The minimum atomic E-state index is -1.44. The Morgan fingerprint density at radius 1 is 0.950 bits per heavy atom. The molecule has 7 heteroatoms. The summed E-state index contributed by atoms with van der Waals surface area (Å²) in [5, 5.41) is 28.1. The zero-order valence-corrected chi connectivity index (χ0v) is 23.2. The Kier molecular flexibility index (Phi) is 7.44. The average molecular weight is 544 g/mol. The highest BCUT2D eigenvalue weighted by Gasteiger charge is 2.49. The van der Waals surface area contributed by atoms with E-state index in [1.54, 1.807) is 31.2 Å². The molecule has 212 valence electrons. The lowest BCUT2D eigenvalue weighted by atomic mass is 9.52. The normalized spacial score (nSPS) is 28.1. The summed E-state index contributed by atoms with van der Waals surface area (Å²) in [5.41, 5.74) is 0.969. The molecule has 1 aromatic heterocycles. The van der Waals surface area contributed by atoms with Gasteiger partial charge in [-0.3, -0.25) is 9.59 Å². The lowest BCUT2D eigenvalue weighted by molar-refractivity contribution is -0.144. The van der Waals surface area contributed by atoms with Gasteiger partial charge in [0.05, 0.1) is 12.6 Å². The molecule has 0 spiro atoms. The second-order valence-corrected chi connectivity index (χ2v) is 12.8. The van der Waals surface area contributed by atoms with E-state index < -0.39 is 30.1 Å². The van der Waals surface area contributed by atoms with Gasteiger partial charge < -0.3 is 25.8 Å². The second kappa shape index (κ2) is 11.0. The van der Waals surface area contributed by atoms with Gasteiger partial charge in [0.1, 0.15) is 11.5 Å². The first-order valence-electron chi connectivity index (χ1n) is 14.8. The Morgan fingerprint density at radius 3 is 2.27 bits per heavy atom. The topological polar surface area (TPSA) is 114 Å². The molecule has 7 nitrogen and oxygen atoms in total. The van der Waals surface area contributed by atoms with Gasteiger partial charge in [-0.2, -0.15) is 0 Å². The van der Waals surface area contributed by atoms with Crippen LogP contribution >= 0.6 is 0 Å². The summed E-state index contributed by atoms with van der Waals surface area (Å²) in [6.07, 6.45) is 7.43. The summed E-state index contributed by atoms with van der Waals surface area (Å²) >= 11 is 0. The van der Waals surface area contributed by atoms with Gasteiger partial charge in [0.25, 0.3) is 0 Å². The number of aromatic nitrogens is 1. The summed E-state index contributed by atoms with van der Waals surface area (Å²) in [5.74, 6) is 2.72. The quantitative estimate of drug-likeness (QED) is 0.248. The number of aliphatic hydroxyl groups excluding tert-OH is 2. The number of nitrogens with one attached hydrogen (secondary N) is 3. The van der Waals surface area contributed by atoms with Crippen LogP contribution in [0.3, 0.4) is 0 Å². The van der Waals surface area contributed by atoms with E-state index >= 15 is 0 Å². The van der Waals surface area contributed by atoms with Crippen molar-refractivity contribution < 1.29 is 19.8 Å². The molecule has 4 aliphatic rings. The van der Waals surface area contributed by atoms with E-state index in [0.29, 0.717) is 29.9 Å². The third-order valence-electron chi connectivity index (χ3n) is 10.2. The highest BCUT2D eigenvalue weighted by Crippen LogP contribution is 2.56. The molecule has 7 rings (SSSR count). The van der Waals surface area contributed by atoms with Crippen LogP contribution in [0.5, 0.6) is 0 Å². The second-order valence-electron chi connectivity index (χ2n) is 12.8. The Balaban J connectivity index is 1.23. The van der Waals surface area contributed by atoms with E-state index in [0.717, 1.165) is 28.3 Å². The third kappa shape index (κ3) is 5.06. The van der Waals surface area contributed by atoms with E-state index in [2.05, 4.69) is 15.6 Å². The molecule has 4 aliphatic carbocycles. The maximum absolute atomic E-state index is 14.0. The number of para-hydroxylation sites is 1. The van der Waals surface area contributed by atoms with Gasteiger partial charge in [-0.1, -0.05) is 48.5 Å². The first kappa shape index (κ1) is 27.0. The Labute approximate surface area is 235 Å². The summed E-state index contributed by atoms with van der Waals surface area (Å²) in [6, 6.07) is 15.8. The van der Waals surface area contributed by atoms with Gasteiger partial charge in [-0.25, -0.2) is 0 Å². The van der Waals surface area contributed by atoms with Crippen molar-refractivity contribution in [3.63, 3.8) is 0 Å². The number of H-pyrrole nitrogens is 1. The number of fused-ring (bicyclic) bond motifs is 1. The van der Waals surface area contributed by atoms with Crippen LogP contribution in [0, 0.1) is 35.0 Å². The molecule has 40 heavy (non-hydrogen) atoms. The molecular weight excluding hydrogens is 502 g/mol. The van der Waals surface area contributed by atoms with Crippen molar-refractivity contribution in [2.75, 3.05) is 13.2 Å². The van der Waals surface area contributed by atoms with Gasteiger partial charge in [0.15, 0.2) is 0 Å². The van der Waals surface area contributed by atoms with Crippen molar-refractivity contribution in [1.29, 1.82) is 0 Å². The van der Waals surface area contributed by atoms with Crippen molar-refractivity contribution in [1.82, 2.24) is 15.6 Å². The first-order chi connectivity index (χ1) is 19.4. The van der Waals surface area contributed by atoms with Crippen molar-refractivity contribution in [3.8, 4) is 0 Å². The molecular formula is C33H41N3O4. The lowest BCUT2D eigenvalue weighted by Crippen LogP contribution is -2.56. The van der Waals surface area contributed by atoms with Crippen molar-refractivity contribution in [2.24, 2.45) is 35.0 Å². The molecule has 3 atom stereocenters. The predicted octanol–water partition coefficient (Wildman–Crippen LogP) is 4.12. The van der Waals surface area contributed by atoms with Gasteiger partial charge in [0, 0.05) is 23.6 Å². The first-order valence-corrected chi connectivity index (χ1v) is 14.8. The number of amides is 2. The number of carbonyl (C=O) groups excluding carboxylic acids is 2. The molecule has 4 fully saturated rings. The standard InChI is InChI=1S/C33H41N3O4/c1-33(16-25-17-34-28-10-6-5-9-26(25)28,32(40)36-29(19-37)30(38)22-7-3-2-4-8-22)31(39)35-18-27-23-12-20-11-21(14-23)15-24(27)13-20/h2-10,17,20-21,23-24,27,29-30,34,37-38H,11-16,18-19H2,1H3,(H,35,39)(H,36,40). The smallest absolute Gasteiger partial charge is 0.236 e. The van der Waals surface area contributed by atoms with Crippen LogP contribution in [0.25, 0.3) is 10.9 Å². The van der Waals surface area contributed by atoms with E-state index in [-0.39, 0.29) is 12.3 Å². The van der Waals surface area contributed by atoms with E-state index in [9.17, 15) is 19.8 Å². The maximum Gasteiger partial charge on any atom is 0.236 e. The molecule has 0 radical (unpaired) electrons. The molecule has 0 aliphatic heterocycles. The van der Waals surface area contributed by atoms with Crippen LogP contribution in [-0.2, 0) is 16.0 Å². The summed E-state index contributed by atoms with van der Waals surface area (Å²) < 4.78 is 0. The van der Waals surface area contributed by atoms with Crippen molar-refractivity contribution in [3.05, 3.63) is 71.9 Å². The monoisotopic (exact) mass is 543 g/mol. The number of aliphatic hydroxyl groups is 2. The fraction of sp³-hybridized carbons (Fsp3) is 0.515. The highest BCUT2D eigenvalue weighted by atomic mass is 16.3. The SMILES string of the molecule is CC(Cc1c[nH]c2ccccc12)(C(=O)NCC1C2CC3CC(C2)CC1C3)C(=O)NC(CO)C(O)c1ccccc1. The van der Waals surface area contributed by atoms with E-state index in [1.165, 1.54) is 32.1 Å². The van der Waals surface area contributed by atoms with Gasteiger partial charge in [0.2, 0.25) is 11.8 Å². The fourth-order valence-corrected chi connectivity index (χ4v) is 8.13. The lowest BCUT2D eigenvalue weighted by Gasteiger charge is -2.54. The molecule has 1 heterocycles. The summed E-state index contributed by atoms with van der Waals surface area (Å²) in [4.78, 5) is 31.2. The van der Waals surface area contributed by atoms with Crippen LogP contribution in [-0.4, -0.2) is 46.2 Å². The number of rotatable bonds is 10. The minimum absolute atomic E-state index is 0.190. The zero-order valence-electron chi connectivity index (χ0n) is 23.2. The molecule has 3 aromatic rings. The van der Waals surface area contributed by atoms with Gasteiger partial charge in [-0.05, 0) is 92.2 Å². The average Bonchev–Trinajstić information content (AvgIpc) is 3.37. The number of aromatic amines is 1. The molecule has 3 unspecified atom stereocenters. The zero-order chi connectivity index (χ0) is 27.9. The van der Waals surface area contributed by atoms with Crippen LogP contribution in [0.4, 0.5) is 0 Å². The highest BCUT2D eigenvalue weighted by molar-refractivity contribution is 6.05. The van der Waals surface area contributed by atoms with Crippen molar-refractivity contribution >= 4 is 22.7 Å². The summed E-state index contributed by atoms with van der Waals surface area (Å²) in [7, 11) is 0. The predicted molar refractivity (Wildman–Crippen MR) is 154 cm³/mol. The molecule has 4 bridgehead atoms. The van der Waals surface area contributed by atoms with Crippen LogP contribution in [0.2, 0.25) is 0 Å². The Hall–Kier alpha value is -3.16. The number of hydrogen-bond acceptors (Lipinski definition) is 4. The largest absolute Gasteiger partial charge is 0.394 e. The van der Waals surface area contributed by atoms with E-state index in [4.69, 9.17) is 0 Å². The van der Waals surface area contributed by atoms with Crippen LogP contribution < -0.4 is 10.6 Å². The van der Waals surface area contributed by atoms with Crippen LogP contribution in [0.15, 0.2) is 60.8 Å². The molecule has 2 amide bonds. The summed E-state index contributed by atoms with van der Waals surface area (Å²) in [6.45, 7) is 1.82. The Bertz CT molecular complexity index is 1330. The molecule has 4 saturated carbocycles. The van der Waals surface area contributed by atoms with E-state index in [1.807, 2.05) is 36.5 Å². The molecule has 5 N–H and O–H groups in total. The number of carbonyl (C=O) groups is 2. The van der Waals surface area contributed by atoms with Gasteiger partial charge >= 0.3 is 0 Å². The van der Waals surface area contributed by atoms with Gasteiger partial charge in [-0.15, -0.1) is 0 Å². The molecule has 2 aromatic carbocycles. The Morgan fingerprint density at radius 2 is 1.60 bits per heavy atom. The fourth-order valence-electron chi connectivity index (χ4n) is 8.13.